The van der Waals surface area contributed by atoms with Crippen LogP contribution in [0.5, 0.6) is 0 Å². The molecule has 10 rings (SSSR count). The molecular weight excluding hydrogens is 989 g/mol. The lowest BCUT2D eigenvalue weighted by Gasteiger charge is -2.49. The SMILES string of the molecule is C=C1CC(/C=C/C2=C(C(=O)O)N3C(=O)[C@@H](CC(=O)Cc4ccccc4)C3SC2)N(C)O1.C=C1CC(/C=C/C2=C(C(=O)OC(c3ccccc3)c3ccccc3)N3C(=O)[C@@H](CC(=O)Cc4ccccc4)C3SC2)N(C)O1. The Balaban J connectivity index is 0.000000195. The number of carbonyl (C=O) groups excluding carboxylic acids is 5. The van der Waals surface area contributed by atoms with Crippen LogP contribution >= 0.6 is 23.5 Å². The van der Waals surface area contributed by atoms with Gasteiger partial charge in [-0.1, -0.05) is 159 Å². The van der Waals surface area contributed by atoms with Crippen molar-refractivity contribution >= 4 is 58.8 Å². The first kappa shape index (κ1) is 52.6. The third-order valence-corrected chi connectivity index (χ3v) is 16.5. The number of amides is 2. The van der Waals surface area contributed by atoms with E-state index < -0.39 is 29.9 Å². The maximum absolute atomic E-state index is 14.2. The third-order valence-electron chi connectivity index (χ3n) is 13.8. The molecule has 16 heteroatoms. The van der Waals surface area contributed by atoms with Crippen molar-refractivity contribution < 1.29 is 48.3 Å². The standard InChI is InChI=1S/C36H34N2O5S.C23H24N2O5S/c1-24-20-29(37(2)43-24)19-18-28-23-44-35-31(22-30(39)21-25-12-6-3-7-13-25)34(40)38(35)32(28)36(41)42-33(26-14-8-4-9-15-26)27-16-10-5-11-17-27;1-14-10-17(24(2)30-14)9-8-16-13-31-22-19(21(27)25(22)20(16)23(28)29)12-18(26)11-15-6-4-3-5-7-15/h3-19,29,31,33,35H,1,20-23H2,2H3;3-9,17,19,22H,1,10-13H2,2H3,(H,28,29)/b19-18+;9-8+/t29?,31-,35?;17?,19-,22?/m11/s1. The molecule has 2 amide bonds. The van der Waals surface area contributed by atoms with Crippen LogP contribution in [0.3, 0.4) is 0 Å². The molecule has 6 aliphatic heterocycles. The summed E-state index contributed by atoms with van der Waals surface area (Å²) in [5.41, 5.74) is 5.02. The van der Waals surface area contributed by atoms with Crippen molar-refractivity contribution in [3.05, 3.63) is 215 Å². The molecule has 0 bridgehead atoms. The highest BCUT2D eigenvalue weighted by Gasteiger charge is 2.55. The molecular formula is C59H58N4O10S2. The molecule has 4 saturated heterocycles. The summed E-state index contributed by atoms with van der Waals surface area (Å²) in [6, 6.07) is 38.0. The molecule has 75 heavy (non-hydrogen) atoms. The van der Waals surface area contributed by atoms with Crippen LogP contribution < -0.4 is 0 Å². The van der Waals surface area contributed by atoms with E-state index in [0.717, 1.165) is 22.3 Å². The Morgan fingerprint density at radius 2 is 1.01 bits per heavy atom. The third kappa shape index (κ3) is 12.0. The number of aliphatic carboxylic acids is 1. The number of carbonyl (C=O) groups is 6. The number of carboxylic acid groups (broad SMARTS) is 1. The molecule has 0 aliphatic carbocycles. The van der Waals surface area contributed by atoms with Crippen molar-refractivity contribution in [2.45, 2.75) is 67.5 Å². The van der Waals surface area contributed by atoms with Crippen molar-refractivity contribution in [3.8, 4) is 0 Å². The summed E-state index contributed by atoms with van der Waals surface area (Å²) in [6.45, 7) is 7.72. The number of hydrogen-bond donors (Lipinski definition) is 1. The van der Waals surface area contributed by atoms with E-state index in [1.807, 2.05) is 147 Å². The highest BCUT2D eigenvalue weighted by molar-refractivity contribution is 8.00. The Morgan fingerprint density at radius 3 is 1.40 bits per heavy atom. The molecule has 386 valence electrons. The number of Topliss-reactive ketones (excluding diaryl/α,β-unsaturated/α-hetero) is 2. The topological polar surface area (TPSA) is 163 Å². The van der Waals surface area contributed by atoms with Crippen molar-refractivity contribution in [3.63, 3.8) is 0 Å². The summed E-state index contributed by atoms with van der Waals surface area (Å²) in [4.78, 5) is 91.9. The molecule has 6 atom stereocenters. The number of β-lactam (4-membered cyclic amide) rings is 2. The van der Waals surface area contributed by atoms with Gasteiger partial charge in [0, 0.05) is 64.1 Å². The highest BCUT2D eigenvalue weighted by atomic mass is 32.2. The van der Waals surface area contributed by atoms with E-state index in [1.54, 1.807) is 35.0 Å². The van der Waals surface area contributed by atoms with Crippen LogP contribution in [0.25, 0.3) is 0 Å². The molecule has 4 aromatic carbocycles. The largest absolute Gasteiger partial charge is 0.477 e. The van der Waals surface area contributed by atoms with E-state index >= 15 is 0 Å². The van der Waals surface area contributed by atoms with Gasteiger partial charge < -0.3 is 19.5 Å². The minimum absolute atomic E-state index is 0.00585. The monoisotopic (exact) mass is 1050 g/mol. The molecule has 4 unspecified atom stereocenters. The first-order valence-electron chi connectivity index (χ1n) is 24.8. The van der Waals surface area contributed by atoms with Crippen LogP contribution in [0.1, 0.15) is 54.0 Å². The number of hydrogen-bond acceptors (Lipinski definition) is 13. The van der Waals surface area contributed by atoms with E-state index in [4.69, 9.17) is 14.4 Å². The fourth-order valence-electron chi connectivity index (χ4n) is 10.0. The van der Waals surface area contributed by atoms with Gasteiger partial charge >= 0.3 is 11.9 Å². The second-order valence-electron chi connectivity index (χ2n) is 19.1. The number of nitrogens with zero attached hydrogens (tertiary/aromatic N) is 4. The second-order valence-corrected chi connectivity index (χ2v) is 21.3. The maximum atomic E-state index is 14.2. The first-order valence-corrected chi connectivity index (χ1v) is 26.9. The quantitative estimate of drug-likeness (QED) is 0.0789. The summed E-state index contributed by atoms with van der Waals surface area (Å²) < 4.78 is 6.25. The lowest BCUT2D eigenvalue weighted by Crippen LogP contribution is -2.62. The average Bonchev–Trinajstić information content (AvgIpc) is 3.95. The van der Waals surface area contributed by atoms with E-state index in [-0.39, 0.29) is 83.3 Å². The average molecular weight is 1050 g/mol. The fourth-order valence-corrected chi connectivity index (χ4v) is 12.8. The molecule has 0 saturated carbocycles. The van der Waals surface area contributed by atoms with Crippen LogP contribution in [0.15, 0.2) is 193 Å². The molecule has 4 aromatic rings. The minimum atomic E-state index is -1.13. The van der Waals surface area contributed by atoms with E-state index in [2.05, 4.69) is 13.2 Å². The van der Waals surface area contributed by atoms with Crippen molar-refractivity contribution in [2.24, 2.45) is 11.8 Å². The second kappa shape index (κ2) is 23.5. The van der Waals surface area contributed by atoms with Gasteiger partial charge in [-0.05, 0) is 33.4 Å². The van der Waals surface area contributed by atoms with Gasteiger partial charge in [-0.15, -0.1) is 33.7 Å². The smallest absolute Gasteiger partial charge is 0.356 e. The Morgan fingerprint density at radius 1 is 0.627 bits per heavy atom. The number of ether oxygens (including phenoxy) is 1. The number of benzene rings is 4. The summed E-state index contributed by atoms with van der Waals surface area (Å²) in [5.74, 6) is -0.904. The van der Waals surface area contributed by atoms with Gasteiger partial charge in [-0.2, -0.15) is 0 Å². The van der Waals surface area contributed by atoms with Gasteiger partial charge in [-0.3, -0.25) is 29.0 Å². The van der Waals surface area contributed by atoms with Crippen LogP contribution in [-0.2, 0) is 56.0 Å². The number of carboxylic acids is 1. The summed E-state index contributed by atoms with van der Waals surface area (Å²) in [5, 5.41) is 12.6. The predicted octanol–water partition coefficient (Wildman–Crippen LogP) is 8.78. The first-order chi connectivity index (χ1) is 36.2. The Labute approximate surface area is 445 Å². The molecule has 4 fully saturated rings. The van der Waals surface area contributed by atoms with Gasteiger partial charge in [0.2, 0.25) is 11.8 Å². The van der Waals surface area contributed by atoms with E-state index in [9.17, 15) is 33.9 Å². The zero-order chi connectivity index (χ0) is 52.8. The molecule has 1 N–H and O–H groups in total. The number of hydroxylamine groups is 4. The zero-order valence-electron chi connectivity index (χ0n) is 41.7. The van der Waals surface area contributed by atoms with Crippen molar-refractivity contribution in [2.75, 3.05) is 25.6 Å². The van der Waals surface area contributed by atoms with Crippen LogP contribution in [-0.4, -0.2) is 109 Å². The van der Waals surface area contributed by atoms with E-state index in [0.29, 0.717) is 47.0 Å². The predicted molar refractivity (Wildman–Crippen MR) is 286 cm³/mol. The molecule has 6 heterocycles. The number of allylic oxidation sites excluding steroid dienone is 2. The van der Waals surface area contributed by atoms with E-state index in [1.165, 1.54) is 21.6 Å². The lowest BCUT2D eigenvalue weighted by molar-refractivity contribution is -0.157. The molecule has 0 spiro atoms. The molecule has 0 radical (unpaired) electrons. The van der Waals surface area contributed by atoms with Crippen molar-refractivity contribution in [1.29, 1.82) is 0 Å². The van der Waals surface area contributed by atoms with Gasteiger partial charge in [0.25, 0.3) is 0 Å². The molecule has 6 aliphatic rings. The van der Waals surface area contributed by atoms with Crippen LogP contribution in [0.2, 0.25) is 0 Å². The number of fused-ring (bicyclic) bond motifs is 2. The molecule has 0 aromatic heterocycles. The number of likely N-dealkylation sites (N-methyl/N-ethyl adjacent to an activating group) is 2. The lowest BCUT2D eigenvalue weighted by atomic mass is 9.89. The Kier molecular flexibility index (Phi) is 16.5. The number of ketones is 2. The van der Waals surface area contributed by atoms with Gasteiger partial charge in [0.05, 0.1) is 34.7 Å². The van der Waals surface area contributed by atoms with Gasteiger partial charge in [0.1, 0.15) is 34.5 Å². The van der Waals surface area contributed by atoms with Gasteiger partial charge in [0.15, 0.2) is 6.10 Å². The Bertz CT molecular complexity index is 2940. The summed E-state index contributed by atoms with van der Waals surface area (Å²) >= 11 is 3.08. The summed E-state index contributed by atoms with van der Waals surface area (Å²) in [6.07, 6.45) is 8.93. The Hall–Kier alpha value is -7.24. The van der Waals surface area contributed by atoms with Crippen LogP contribution in [0, 0.1) is 11.8 Å². The number of thioether (sulfide) groups is 2. The maximum Gasteiger partial charge on any atom is 0.356 e. The highest BCUT2D eigenvalue weighted by Crippen LogP contribution is 2.48. The normalized spacial score (nSPS) is 23.6. The summed E-state index contributed by atoms with van der Waals surface area (Å²) in [7, 11) is 3.63. The zero-order valence-corrected chi connectivity index (χ0v) is 43.3. The molecule has 14 nitrogen and oxygen atoms in total. The fraction of sp³-hybridized carbons (Fsp3) is 0.288. The van der Waals surface area contributed by atoms with Crippen LogP contribution in [0.4, 0.5) is 0 Å². The minimum Gasteiger partial charge on any atom is -0.477 e. The number of rotatable bonds is 17. The van der Waals surface area contributed by atoms with Gasteiger partial charge in [-0.25, -0.2) is 9.59 Å². The number of esters is 1. The van der Waals surface area contributed by atoms with Crippen molar-refractivity contribution in [1.82, 2.24) is 19.9 Å².